The molecule has 0 unspecified atom stereocenters. The van der Waals surface area contributed by atoms with Crippen molar-refractivity contribution in [2.24, 2.45) is 0 Å². The lowest BCUT2D eigenvalue weighted by Crippen LogP contribution is -2.39. The summed E-state index contributed by atoms with van der Waals surface area (Å²) in [6.07, 6.45) is 1.89. The number of likely N-dealkylation sites (N-methyl/N-ethyl adjacent to an activating group) is 1. The Kier molecular flexibility index (Phi) is 7.47. The van der Waals surface area contributed by atoms with Crippen LogP contribution in [0.25, 0.3) is 11.5 Å². The number of carbonyl (C=O) groups excluding carboxylic acids is 2. The molecule has 178 valence electrons. The summed E-state index contributed by atoms with van der Waals surface area (Å²) in [5.74, 6) is 1.30. The van der Waals surface area contributed by atoms with Crippen molar-refractivity contribution in [1.82, 2.24) is 19.9 Å². The van der Waals surface area contributed by atoms with Crippen molar-refractivity contribution in [3.8, 4) is 17.2 Å². The fraction of sp³-hybridized carbons (Fsp3) is 0.360. The highest BCUT2D eigenvalue weighted by molar-refractivity contribution is 6.30. The lowest BCUT2D eigenvalue weighted by molar-refractivity contribution is -0.136. The molecule has 2 heterocycles. The Morgan fingerprint density at radius 2 is 1.91 bits per heavy atom. The zero-order valence-electron chi connectivity index (χ0n) is 19.2. The van der Waals surface area contributed by atoms with Gasteiger partial charge >= 0.3 is 0 Å². The van der Waals surface area contributed by atoms with E-state index in [9.17, 15) is 9.59 Å². The number of amides is 2. The van der Waals surface area contributed by atoms with E-state index in [2.05, 4.69) is 10.1 Å². The van der Waals surface area contributed by atoms with E-state index in [4.69, 9.17) is 20.9 Å². The minimum atomic E-state index is -0.661. The van der Waals surface area contributed by atoms with Crippen molar-refractivity contribution in [2.45, 2.75) is 32.3 Å². The van der Waals surface area contributed by atoms with Crippen LogP contribution in [0, 0.1) is 0 Å². The quantitative estimate of drug-likeness (QED) is 0.480. The molecule has 2 amide bonds. The Morgan fingerprint density at radius 3 is 2.62 bits per heavy atom. The number of halogens is 1. The summed E-state index contributed by atoms with van der Waals surface area (Å²) in [6.45, 7) is 3.74. The van der Waals surface area contributed by atoms with E-state index in [0.29, 0.717) is 41.0 Å². The second kappa shape index (κ2) is 10.7. The third-order valence-corrected chi connectivity index (χ3v) is 5.98. The Balaban J connectivity index is 1.30. The third kappa shape index (κ3) is 5.75. The number of ether oxygens (including phenoxy) is 1. The monoisotopic (exact) mass is 482 g/mol. The Bertz CT molecular complexity index is 1140. The van der Waals surface area contributed by atoms with Gasteiger partial charge in [-0.1, -0.05) is 22.8 Å². The van der Waals surface area contributed by atoms with E-state index in [1.54, 1.807) is 55.3 Å². The fourth-order valence-electron chi connectivity index (χ4n) is 3.81. The summed E-state index contributed by atoms with van der Waals surface area (Å²) >= 11 is 5.97. The predicted molar refractivity (Wildman–Crippen MR) is 128 cm³/mol. The first-order valence-corrected chi connectivity index (χ1v) is 11.7. The molecule has 1 aliphatic heterocycles. The van der Waals surface area contributed by atoms with Crippen LogP contribution in [0.3, 0.4) is 0 Å². The molecule has 8 nitrogen and oxygen atoms in total. The van der Waals surface area contributed by atoms with Gasteiger partial charge in [-0.3, -0.25) is 9.59 Å². The van der Waals surface area contributed by atoms with Crippen LogP contribution in [0.15, 0.2) is 53.1 Å². The maximum Gasteiger partial charge on any atom is 0.263 e. The van der Waals surface area contributed by atoms with Gasteiger partial charge in [0.05, 0.1) is 0 Å². The first-order chi connectivity index (χ1) is 16.4. The minimum Gasteiger partial charge on any atom is -0.481 e. The van der Waals surface area contributed by atoms with Crippen molar-refractivity contribution < 1.29 is 18.8 Å². The first kappa shape index (κ1) is 23.8. The van der Waals surface area contributed by atoms with Gasteiger partial charge in [-0.15, -0.1) is 0 Å². The summed E-state index contributed by atoms with van der Waals surface area (Å²) in [5.41, 5.74) is 1.39. The normalized spacial score (nSPS) is 14.1. The minimum absolute atomic E-state index is 0.0524. The largest absolute Gasteiger partial charge is 0.481 e. The summed E-state index contributed by atoms with van der Waals surface area (Å²) in [7, 11) is 1.71. The Morgan fingerprint density at radius 1 is 1.18 bits per heavy atom. The molecule has 0 saturated carbocycles. The zero-order valence-corrected chi connectivity index (χ0v) is 20.0. The SMILES string of the molecule is C[C@H](Oc1cccc(Cl)c1)C(=O)N(C)CCc1noc(-c2ccc(C(=O)N3CCCC3)cc2)n1. The van der Waals surface area contributed by atoms with Crippen molar-refractivity contribution in [3.63, 3.8) is 0 Å². The maximum atomic E-state index is 12.6. The number of rotatable bonds is 8. The van der Waals surface area contributed by atoms with Crippen LogP contribution in [0.1, 0.15) is 35.9 Å². The van der Waals surface area contributed by atoms with Crippen LogP contribution < -0.4 is 4.74 Å². The van der Waals surface area contributed by atoms with Gasteiger partial charge in [-0.25, -0.2) is 0 Å². The van der Waals surface area contributed by atoms with E-state index in [1.165, 1.54) is 0 Å². The number of carbonyl (C=O) groups is 2. The molecule has 0 N–H and O–H groups in total. The molecule has 1 aliphatic rings. The Hall–Kier alpha value is -3.39. The highest BCUT2D eigenvalue weighted by Crippen LogP contribution is 2.21. The molecule has 1 atom stereocenters. The van der Waals surface area contributed by atoms with Crippen LogP contribution in [0.5, 0.6) is 5.75 Å². The van der Waals surface area contributed by atoms with E-state index in [1.807, 2.05) is 17.0 Å². The van der Waals surface area contributed by atoms with Crippen LogP contribution in [0.4, 0.5) is 0 Å². The van der Waals surface area contributed by atoms with E-state index in [0.717, 1.165) is 31.5 Å². The molecule has 9 heteroatoms. The van der Waals surface area contributed by atoms with E-state index < -0.39 is 6.10 Å². The third-order valence-electron chi connectivity index (χ3n) is 5.74. The van der Waals surface area contributed by atoms with Gasteiger partial charge in [0.25, 0.3) is 17.7 Å². The van der Waals surface area contributed by atoms with Gasteiger partial charge in [-0.05, 0) is 62.2 Å². The van der Waals surface area contributed by atoms with Gasteiger partial charge in [-0.2, -0.15) is 4.98 Å². The van der Waals surface area contributed by atoms with Gasteiger partial charge in [0.1, 0.15) is 5.75 Å². The molecule has 4 rings (SSSR count). The van der Waals surface area contributed by atoms with Crippen molar-refractivity contribution in [2.75, 3.05) is 26.7 Å². The van der Waals surface area contributed by atoms with Crippen LogP contribution in [0.2, 0.25) is 5.02 Å². The topological polar surface area (TPSA) is 88.8 Å². The standard InChI is InChI=1S/C25H27ClN4O4/c1-17(33-21-7-5-6-20(26)16-21)24(31)29(2)15-12-22-27-23(34-28-22)18-8-10-19(11-9-18)25(32)30-13-3-4-14-30/h5-11,16-17H,3-4,12-15H2,1-2H3/t17-/m0/s1. The second-order valence-electron chi connectivity index (χ2n) is 8.32. The van der Waals surface area contributed by atoms with Crippen molar-refractivity contribution >= 4 is 23.4 Å². The molecular weight excluding hydrogens is 456 g/mol. The molecule has 1 saturated heterocycles. The molecule has 1 aromatic heterocycles. The number of aromatic nitrogens is 2. The predicted octanol–water partition coefficient (Wildman–Crippen LogP) is 4.09. The number of hydrogen-bond acceptors (Lipinski definition) is 6. The molecule has 0 aliphatic carbocycles. The number of nitrogens with zero attached hydrogens (tertiary/aromatic N) is 4. The smallest absolute Gasteiger partial charge is 0.263 e. The van der Waals surface area contributed by atoms with Crippen molar-refractivity contribution in [3.05, 3.63) is 64.9 Å². The molecular formula is C25H27ClN4O4. The van der Waals surface area contributed by atoms with E-state index in [-0.39, 0.29) is 11.8 Å². The number of benzene rings is 2. The molecule has 34 heavy (non-hydrogen) atoms. The van der Waals surface area contributed by atoms with Crippen LogP contribution in [-0.2, 0) is 11.2 Å². The lowest BCUT2D eigenvalue weighted by atomic mass is 10.1. The first-order valence-electron chi connectivity index (χ1n) is 11.3. The number of hydrogen-bond donors (Lipinski definition) is 0. The average molecular weight is 483 g/mol. The molecule has 0 bridgehead atoms. The zero-order chi connectivity index (χ0) is 24.1. The highest BCUT2D eigenvalue weighted by Gasteiger charge is 2.21. The maximum absolute atomic E-state index is 12.6. The second-order valence-corrected chi connectivity index (χ2v) is 8.76. The average Bonchev–Trinajstić information content (AvgIpc) is 3.54. The summed E-state index contributed by atoms with van der Waals surface area (Å²) in [6, 6.07) is 14.1. The van der Waals surface area contributed by atoms with Crippen molar-refractivity contribution in [1.29, 1.82) is 0 Å². The molecule has 1 fully saturated rings. The molecule has 0 radical (unpaired) electrons. The Labute approximate surface area is 203 Å². The summed E-state index contributed by atoms with van der Waals surface area (Å²) in [4.78, 5) is 33.0. The van der Waals surface area contributed by atoms with E-state index >= 15 is 0 Å². The lowest BCUT2D eigenvalue weighted by Gasteiger charge is -2.21. The van der Waals surface area contributed by atoms with Crippen LogP contribution in [-0.4, -0.2) is 64.5 Å². The molecule has 3 aromatic rings. The highest BCUT2D eigenvalue weighted by atomic mass is 35.5. The fourth-order valence-corrected chi connectivity index (χ4v) is 3.99. The van der Waals surface area contributed by atoms with Gasteiger partial charge in [0, 0.05) is 49.3 Å². The summed E-state index contributed by atoms with van der Waals surface area (Å²) in [5, 5.41) is 4.57. The number of likely N-dealkylation sites (tertiary alicyclic amines) is 1. The van der Waals surface area contributed by atoms with Crippen LogP contribution >= 0.6 is 11.6 Å². The van der Waals surface area contributed by atoms with Gasteiger partial charge in [0.15, 0.2) is 11.9 Å². The van der Waals surface area contributed by atoms with Gasteiger partial charge < -0.3 is 19.1 Å². The summed E-state index contributed by atoms with van der Waals surface area (Å²) < 4.78 is 11.1. The molecule has 0 spiro atoms. The molecule has 2 aromatic carbocycles. The van der Waals surface area contributed by atoms with Gasteiger partial charge in [0.2, 0.25) is 0 Å².